The summed E-state index contributed by atoms with van der Waals surface area (Å²) in [5, 5.41) is 3.04. The molecular formula is C15H22N2O2S. The molecule has 0 radical (unpaired) electrons. The van der Waals surface area contributed by atoms with Crippen LogP contribution in [0.25, 0.3) is 0 Å². The van der Waals surface area contributed by atoms with Crippen molar-refractivity contribution in [1.82, 2.24) is 5.32 Å². The molecule has 0 heterocycles. The molecule has 1 aliphatic carbocycles. The average Bonchev–Trinajstić information content (AvgIpc) is 3.30. The van der Waals surface area contributed by atoms with Gasteiger partial charge in [0.2, 0.25) is 5.91 Å². The van der Waals surface area contributed by atoms with Crippen molar-refractivity contribution >= 4 is 17.7 Å². The highest BCUT2D eigenvalue weighted by atomic mass is 32.2. The first-order valence-electron chi connectivity index (χ1n) is 6.99. The van der Waals surface area contributed by atoms with Gasteiger partial charge in [0.05, 0.1) is 7.11 Å². The van der Waals surface area contributed by atoms with E-state index in [9.17, 15) is 4.79 Å². The minimum atomic E-state index is 0.105. The van der Waals surface area contributed by atoms with Gasteiger partial charge in [-0.15, -0.1) is 11.8 Å². The molecule has 1 fully saturated rings. The van der Waals surface area contributed by atoms with Crippen molar-refractivity contribution in [3.05, 3.63) is 24.3 Å². The van der Waals surface area contributed by atoms with E-state index in [0.717, 1.165) is 16.4 Å². The molecule has 1 unspecified atom stereocenters. The van der Waals surface area contributed by atoms with Crippen molar-refractivity contribution in [2.24, 2.45) is 11.7 Å². The second kappa shape index (κ2) is 7.55. The van der Waals surface area contributed by atoms with Gasteiger partial charge in [-0.25, -0.2) is 0 Å². The molecule has 0 aliphatic heterocycles. The molecule has 1 atom stereocenters. The Balaban J connectivity index is 1.67. The van der Waals surface area contributed by atoms with E-state index in [1.807, 2.05) is 24.3 Å². The molecule has 110 valence electrons. The standard InChI is InChI=1S/C15H22N2O2S/c1-19-12-4-6-13(7-5-12)20-9-8-15(18)17-14(10-16)11-2-3-11/h4-7,11,14H,2-3,8-10,16H2,1H3,(H,17,18). The van der Waals surface area contributed by atoms with E-state index in [1.165, 1.54) is 12.8 Å². The van der Waals surface area contributed by atoms with Crippen LogP contribution in [-0.4, -0.2) is 31.4 Å². The van der Waals surface area contributed by atoms with E-state index in [4.69, 9.17) is 10.5 Å². The molecule has 1 aromatic rings. The topological polar surface area (TPSA) is 64.3 Å². The van der Waals surface area contributed by atoms with Crippen LogP contribution in [0.1, 0.15) is 19.3 Å². The van der Waals surface area contributed by atoms with Crippen LogP contribution >= 0.6 is 11.8 Å². The van der Waals surface area contributed by atoms with Crippen LogP contribution in [-0.2, 0) is 4.79 Å². The van der Waals surface area contributed by atoms with Gasteiger partial charge in [0.15, 0.2) is 0 Å². The van der Waals surface area contributed by atoms with Crippen LogP contribution in [0.15, 0.2) is 29.2 Å². The van der Waals surface area contributed by atoms with Crippen LogP contribution in [0.4, 0.5) is 0 Å². The number of methoxy groups -OCH3 is 1. The lowest BCUT2D eigenvalue weighted by Gasteiger charge is -2.15. The summed E-state index contributed by atoms with van der Waals surface area (Å²) >= 11 is 1.68. The molecule has 3 N–H and O–H groups in total. The van der Waals surface area contributed by atoms with Gasteiger partial charge in [-0.05, 0) is 43.0 Å². The van der Waals surface area contributed by atoms with Crippen LogP contribution in [0.5, 0.6) is 5.75 Å². The summed E-state index contributed by atoms with van der Waals surface area (Å²) in [6.45, 7) is 0.544. The summed E-state index contributed by atoms with van der Waals surface area (Å²) in [5.41, 5.74) is 5.68. The second-order valence-electron chi connectivity index (χ2n) is 5.02. The molecule has 0 bridgehead atoms. The first-order valence-corrected chi connectivity index (χ1v) is 7.97. The van der Waals surface area contributed by atoms with E-state index in [2.05, 4.69) is 5.32 Å². The van der Waals surface area contributed by atoms with Crippen LogP contribution in [0, 0.1) is 5.92 Å². The highest BCUT2D eigenvalue weighted by Crippen LogP contribution is 2.32. The predicted octanol–water partition coefficient (Wildman–Crippen LogP) is 2.03. The summed E-state index contributed by atoms with van der Waals surface area (Å²) in [5.74, 6) is 2.34. The average molecular weight is 294 g/mol. The number of ether oxygens (including phenoxy) is 1. The van der Waals surface area contributed by atoms with Crippen LogP contribution in [0.2, 0.25) is 0 Å². The zero-order valence-corrected chi connectivity index (χ0v) is 12.6. The number of hydrogen-bond donors (Lipinski definition) is 2. The molecule has 1 aromatic carbocycles. The molecule has 1 amide bonds. The smallest absolute Gasteiger partial charge is 0.221 e. The minimum Gasteiger partial charge on any atom is -0.497 e. The number of thioether (sulfide) groups is 1. The van der Waals surface area contributed by atoms with E-state index in [-0.39, 0.29) is 11.9 Å². The molecule has 2 rings (SSSR count). The van der Waals surface area contributed by atoms with Crippen molar-refractivity contribution < 1.29 is 9.53 Å². The Morgan fingerprint density at radius 2 is 2.15 bits per heavy atom. The molecule has 1 saturated carbocycles. The first kappa shape index (κ1) is 15.2. The maximum atomic E-state index is 11.8. The number of amides is 1. The Kier molecular flexibility index (Phi) is 5.73. The molecule has 0 saturated heterocycles. The van der Waals surface area contributed by atoms with Crippen molar-refractivity contribution in [2.75, 3.05) is 19.4 Å². The molecule has 0 aromatic heterocycles. The predicted molar refractivity (Wildman–Crippen MR) is 82.0 cm³/mol. The van der Waals surface area contributed by atoms with E-state index in [1.54, 1.807) is 18.9 Å². The van der Waals surface area contributed by atoms with Crippen LogP contribution in [0.3, 0.4) is 0 Å². The lowest BCUT2D eigenvalue weighted by atomic mass is 10.2. The zero-order valence-electron chi connectivity index (χ0n) is 11.8. The molecule has 4 nitrogen and oxygen atoms in total. The van der Waals surface area contributed by atoms with Crippen LogP contribution < -0.4 is 15.8 Å². The van der Waals surface area contributed by atoms with Gasteiger partial charge in [-0.2, -0.15) is 0 Å². The fourth-order valence-electron chi connectivity index (χ4n) is 2.08. The number of carbonyl (C=O) groups is 1. The van der Waals surface area contributed by atoms with Gasteiger partial charge in [-0.3, -0.25) is 4.79 Å². The number of benzene rings is 1. The first-order chi connectivity index (χ1) is 9.72. The molecule has 20 heavy (non-hydrogen) atoms. The summed E-state index contributed by atoms with van der Waals surface area (Å²) in [4.78, 5) is 13.0. The third kappa shape index (κ3) is 4.72. The van der Waals surface area contributed by atoms with Gasteiger partial charge >= 0.3 is 0 Å². The third-order valence-electron chi connectivity index (χ3n) is 3.45. The fourth-order valence-corrected chi connectivity index (χ4v) is 2.93. The summed E-state index contributed by atoms with van der Waals surface area (Å²) in [7, 11) is 1.65. The fraction of sp³-hybridized carbons (Fsp3) is 0.533. The monoisotopic (exact) mass is 294 g/mol. The van der Waals surface area contributed by atoms with E-state index in [0.29, 0.717) is 18.9 Å². The number of nitrogens with one attached hydrogen (secondary N) is 1. The molecule has 1 aliphatic rings. The zero-order chi connectivity index (χ0) is 14.4. The SMILES string of the molecule is COc1ccc(SCCC(=O)NC(CN)C2CC2)cc1. The highest BCUT2D eigenvalue weighted by Gasteiger charge is 2.30. The van der Waals surface area contributed by atoms with Gasteiger partial charge in [0, 0.05) is 29.7 Å². The number of rotatable bonds is 8. The maximum Gasteiger partial charge on any atom is 0.221 e. The Morgan fingerprint density at radius 1 is 1.45 bits per heavy atom. The summed E-state index contributed by atoms with van der Waals surface area (Å²) in [6.07, 6.45) is 2.92. The highest BCUT2D eigenvalue weighted by molar-refractivity contribution is 7.99. The Morgan fingerprint density at radius 3 is 2.70 bits per heavy atom. The lowest BCUT2D eigenvalue weighted by molar-refractivity contribution is -0.121. The van der Waals surface area contributed by atoms with Crippen molar-refractivity contribution in [2.45, 2.75) is 30.2 Å². The van der Waals surface area contributed by atoms with Gasteiger partial charge < -0.3 is 15.8 Å². The molecule has 0 spiro atoms. The molecular weight excluding hydrogens is 272 g/mol. The van der Waals surface area contributed by atoms with E-state index >= 15 is 0 Å². The Labute approximate surface area is 124 Å². The van der Waals surface area contributed by atoms with Crippen molar-refractivity contribution in [1.29, 1.82) is 0 Å². The number of nitrogens with two attached hydrogens (primary N) is 1. The van der Waals surface area contributed by atoms with E-state index < -0.39 is 0 Å². The van der Waals surface area contributed by atoms with Gasteiger partial charge in [0.1, 0.15) is 5.75 Å². The number of carbonyl (C=O) groups excluding carboxylic acids is 1. The normalized spacial score (nSPS) is 15.7. The second-order valence-corrected chi connectivity index (χ2v) is 6.19. The van der Waals surface area contributed by atoms with Crippen molar-refractivity contribution in [3.63, 3.8) is 0 Å². The quantitative estimate of drug-likeness (QED) is 0.720. The molecule has 5 heteroatoms. The maximum absolute atomic E-state index is 11.8. The Bertz CT molecular complexity index is 432. The summed E-state index contributed by atoms with van der Waals surface area (Å²) in [6, 6.07) is 8.05. The lowest BCUT2D eigenvalue weighted by Crippen LogP contribution is -2.41. The largest absolute Gasteiger partial charge is 0.497 e. The van der Waals surface area contributed by atoms with Gasteiger partial charge in [-0.1, -0.05) is 0 Å². The third-order valence-corrected chi connectivity index (χ3v) is 4.46. The van der Waals surface area contributed by atoms with Gasteiger partial charge in [0.25, 0.3) is 0 Å². The minimum absolute atomic E-state index is 0.105. The summed E-state index contributed by atoms with van der Waals surface area (Å²) < 4.78 is 5.11. The van der Waals surface area contributed by atoms with Crippen molar-refractivity contribution in [3.8, 4) is 5.75 Å². The number of hydrogen-bond acceptors (Lipinski definition) is 4. The Hall–Kier alpha value is -1.20.